The first-order valence-corrected chi connectivity index (χ1v) is 7.66. The molecule has 0 saturated carbocycles. The van der Waals surface area contributed by atoms with Crippen LogP contribution in [0.3, 0.4) is 0 Å². The molecule has 3 rings (SSSR count). The minimum atomic E-state index is 0.0199. The molecule has 2 heterocycles. The van der Waals surface area contributed by atoms with Crippen LogP contribution in [-0.4, -0.2) is 32.4 Å². The van der Waals surface area contributed by atoms with Crippen LogP contribution in [0.25, 0.3) is 0 Å². The van der Waals surface area contributed by atoms with Crippen LogP contribution in [0.5, 0.6) is 0 Å². The molecule has 0 N–H and O–H groups in total. The molecule has 0 aliphatic carbocycles. The molecule has 0 radical (unpaired) electrons. The Balaban J connectivity index is 1.97. The standard InChI is InChI=1S/C18H23NO2/c1-14(2)19-9-10-20-11-16-15(5-4-6-17(16)19)7-8-18(3)12-21-13-18/h4-6,14H,9-13H2,1-3H3. The Hall–Kier alpha value is -1.50. The molecule has 0 unspecified atom stereocenters. The van der Waals surface area contributed by atoms with Crippen molar-refractivity contribution in [2.24, 2.45) is 5.41 Å². The van der Waals surface area contributed by atoms with Gasteiger partial charge in [0.25, 0.3) is 0 Å². The van der Waals surface area contributed by atoms with Gasteiger partial charge in [0.15, 0.2) is 0 Å². The highest BCUT2D eigenvalue weighted by molar-refractivity contribution is 5.61. The number of benzene rings is 1. The smallest absolute Gasteiger partial charge is 0.0756 e. The van der Waals surface area contributed by atoms with Crippen molar-refractivity contribution in [3.8, 4) is 11.8 Å². The number of hydrogen-bond acceptors (Lipinski definition) is 3. The molecule has 0 atom stereocenters. The number of anilines is 1. The third-order valence-electron chi connectivity index (χ3n) is 4.15. The van der Waals surface area contributed by atoms with Crippen molar-refractivity contribution in [2.75, 3.05) is 31.3 Å². The molecular formula is C18H23NO2. The van der Waals surface area contributed by atoms with E-state index in [1.807, 2.05) is 0 Å². The molecule has 0 spiro atoms. The zero-order chi connectivity index (χ0) is 14.9. The molecule has 21 heavy (non-hydrogen) atoms. The van der Waals surface area contributed by atoms with Crippen molar-refractivity contribution in [1.82, 2.24) is 0 Å². The number of ether oxygens (including phenoxy) is 2. The first-order valence-electron chi connectivity index (χ1n) is 7.66. The van der Waals surface area contributed by atoms with Crippen molar-refractivity contribution >= 4 is 5.69 Å². The summed E-state index contributed by atoms with van der Waals surface area (Å²) in [6, 6.07) is 6.85. The van der Waals surface area contributed by atoms with Crippen LogP contribution in [-0.2, 0) is 16.1 Å². The summed E-state index contributed by atoms with van der Waals surface area (Å²) >= 11 is 0. The Bertz CT molecular complexity index is 579. The summed E-state index contributed by atoms with van der Waals surface area (Å²) in [6.07, 6.45) is 0. The third-order valence-corrected chi connectivity index (χ3v) is 4.15. The molecule has 1 aromatic carbocycles. The summed E-state index contributed by atoms with van der Waals surface area (Å²) in [4.78, 5) is 2.40. The van der Waals surface area contributed by atoms with Crippen LogP contribution >= 0.6 is 0 Å². The van der Waals surface area contributed by atoms with Crippen molar-refractivity contribution < 1.29 is 9.47 Å². The average molecular weight is 285 g/mol. The van der Waals surface area contributed by atoms with E-state index < -0.39 is 0 Å². The van der Waals surface area contributed by atoms with Gasteiger partial charge in [0.2, 0.25) is 0 Å². The van der Waals surface area contributed by atoms with Gasteiger partial charge < -0.3 is 14.4 Å². The van der Waals surface area contributed by atoms with E-state index >= 15 is 0 Å². The number of hydrogen-bond donors (Lipinski definition) is 0. The zero-order valence-electron chi connectivity index (χ0n) is 13.1. The Morgan fingerprint density at radius 2 is 2.05 bits per heavy atom. The maximum Gasteiger partial charge on any atom is 0.0756 e. The van der Waals surface area contributed by atoms with Gasteiger partial charge in [-0.15, -0.1) is 0 Å². The fourth-order valence-electron chi connectivity index (χ4n) is 2.81. The molecule has 0 amide bonds. The second kappa shape index (κ2) is 5.71. The van der Waals surface area contributed by atoms with Gasteiger partial charge >= 0.3 is 0 Å². The van der Waals surface area contributed by atoms with E-state index in [1.54, 1.807) is 0 Å². The van der Waals surface area contributed by atoms with E-state index in [1.165, 1.54) is 11.3 Å². The average Bonchev–Trinajstić information content (AvgIpc) is 2.65. The van der Waals surface area contributed by atoms with Crippen molar-refractivity contribution in [1.29, 1.82) is 0 Å². The van der Waals surface area contributed by atoms with Gasteiger partial charge in [0, 0.05) is 29.4 Å². The Morgan fingerprint density at radius 3 is 2.71 bits per heavy atom. The van der Waals surface area contributed by atoms with Gasteiger partial charge in [-0.25, -0.2) is 0 Å². The second-order valence-electron chi connectivity index (χ2n) is 6.45. The molecule has 3 nitrogen and oxygen atoms in total. The molecule has 2 aliphatic rings. The van der Waals surface area contributed by atoms with Crippen LogP contribution in [0, 0.1) is 17.3 Å². The Morgan fingerprint density at radius 1 is 1.24 bits per heavy atom. The lowest BCUT2D eigenvalue weighted by Gasteiger charge is -2.32. The van der Waals surface area contributed by atoms with Crippen LogP contribution in [0.4, 0.5) is 5.69 Å². The predicted octanol–water partition coefficient (Wildman–Crippen LogP) is 2.82. The minimum Gasteiger partial charge on any atom is -0.378 e. The second-order valence-corrected chi connectivity index (χ2v) is 6.45. The maximum absolute atomic E-state index is 5.78. The minimum absolute atomic E-state index is 0.0199. The number of fused-ring (bicyclic) bond motifs is 1. The van der Waals surface area contributed by atoms with E-state index in [9.17, 15) is 0 Å². The first-order chi connectivity index (χ1) is 10.1. The molecule has 1 saturated heterocycles. The molecule has 1 fully saturated rings. The largest absolute Gasteiger partial charge is 0.378 e. The van der Waals surface area contributed by atoms with E-state index in [4.69, 9.17) is 9.47 Å². The SMILES string of the molecule is CC(C)N1CCOCc2c(C#CC3(C)COC3)cccc21. The lowest BCUT2D eigenvalue weighted by Crippen LogP contribution is -2.38. The van der Waals surface area contributed by atoms with Gasteiger partial charge in [-0.2, -0.15) is 0 Å². The summed E-state index contributed by atoms with van der Waals surface area (Å²) < 4.78 is 11.1. The monoisotopic (exact) mass is 285 g/mol. The highest BCUT2D eigenvalue weighted by atomic mass is 16.5. The van der Waals surface area contributed by atoms with Gasteiger partial charge in [0.1, 0.15) is 0 Å². The highest BCUT2D eigenvalue weighted by Gasteiger charge is 2.31. The highest BCUT2D eigenvalue weighted by Crippen LogP contribution is 2.29. The van der Waals surface area contributed by atoms with Gasteiger partial charge in [-0.05, 0) is 32.9 Å². The molecule has 0 aromatic heterocycles. The number of rotatable bonds is 1. The van der Waals surface area contributed by atoms with Crippen LogP contribution < -0.4 is 4.90 Å². The summed E-state index contributed by atoms with van der Waals surface area (Å²) in [7, 11) is 0. The first kappa shape index (κ1) is 14.4. The molecule has 0 bridgehead atoms. The molecular weight excluding hydrogens is 262 g/mol. The quantitative estimate of drug-likeness (QED) is 0.741. The topological polar surface area (TPSA) is 21.7 Å². The van der Waals surface area contributed by atoms with Crippen LogP contribution in [0.15, 0.2) is 18.2 Å². The van der Waals surface area contributed by atoms with Crippen molar-refractivity contribution in [2.45, 2.75) is 33.4 Å². The van der Waals surface area contributed by atoms with Crippen molar-refractivity contribution in [3.05, 3.63) is 29.3 Å². The summed E-state index contributed by atoms with van der Waals surface area (Å²) in [5, 5.41) is 0. The zero-order valence-corrected chi connectivity index (χ0v) is 13.1. The summed E-state index contributed by atoms with van der Waals surface area (Å²) in [5.74, 6) is 6.74. The molecule has 1 aromatic rings. The maximum atomic E-state index is 5.78. The van der Waals surface area contributed by atoms with E-state index in [0.29, 0.717) is 12.6 Å². The van der Waals surface area contributed by atoms with Crippen molar-refractivity contribution in [3.63, 3.8) is 0 Å². The summed E-state index contributed by atoms with van der Waals surface area (Å²) in [5.41, 5.74) is 3.60. The Labute approximate surface area is 127 Å². The Kier molecular flexibility index (Phi) is 3.93. The van der Waals surface area contributed by atoms with E-state index in [2.05, 4.69) is 55.7 Å². The van der Waals surface area contributed by atoms with E-state index in [0.717, 1.165) is 31.9 Å². The normalized spacial score (nSPS) is 20.1. The van der Waals surface area contributed by atoms with Gasteiger partial charge in [-0.1, -0.05) is 17.9 Å². The fraction of sp³-hybridized carbons (Fsp3) is 0.556. The van der Waals surface area contributed by atoms with Crippen LogP contribution in [0.2, 0.25) is 0 Å². The summed E-state index contributed by atoms with van der Waals surface area (Å²) in [6.45, 7) is 10.4. The van der Waals surface area contributed by atoms with E-state index in [-0.39, 0.29) is 5.41 Å². The molecule has 112 valence electrons. The van der Waals surface area contributed by atoms with Crippen LogP contribution in [0.1, 0.15) is 31.9 Å². The van der Waals surface area contributed by atoms with Gasteiger partial charge in [-0.3, -0.25) is 0 Å². The molecule has 2 aliphatic heterocycles. The number of nitrogens with zero attached hydrogens (tertiary/aromatic N) is 1. The van der Waals surface area contributed by atoms with Gasteiger partial charge in [0.05, 0.1) is 31.8 Å². The lowest BCUT2D eigenvalue weighted by molar-refractivity contribution is -0.0648. The third kappa shape index (κ3) is 2.92. The molecule has 3 heteroatoms. The lowest BCUT2D eigenvalue weighted by atomic mass is 9.89. The predicted molar refractivity (Wildman–Crippen MR) is 84.4 cm³/mol. The fourth-order valence-corrected chi connectivity index (χ4v) is 2.81.